The number of nitrogen functional groups attached to an aromatic ring is 1. The number of aromatic nitrogens is 3. The van der Waals surface area contributed by atoms with Crippen molar-refractivity contribution < 1.29 is 9.72 Å². The van der Waals surface area contributed by atoms with Crippen LogP contribution < -0.4 is 11.3 Å². The summed E-state index contributed by atoms with van der Waals surface area (Å²) in [4.78, 5) is 25.4. The smallest absolute Gasteiger partial charge is 0.358 e. The molecule has 10 heteroatoms. The van der Waals surface area contributed by atoms with Crippen LogP contribution in [0.3, 0.4) is 0 Å². The second kappa shape index (κ2) is 5.12. The molecule has 0 saturated carbocycles. The predicted molar refractivity (Wildman–Crippen MR) is 66.5 cm³/mol. The topological polar surface area (TPSA) is 129 Å². The lowest BCUT2D eigenvalue weighted by molar-refractivity contribution is -0.390. The van der Waals surface area contributed by atoms with E-state index in [1.807, 2.05) is 5.43 Å². The molecule has 1 amide bonds. The van der Waals surface area contributed by atoms with Gasteiger partial charge in [0, 0.05) is 5.38 Å². The van der Waals surface area contributed by atoms with Gasteiger partial charge in [0.1, 0.15) is 6.54 Å². The summed E-state index contributed by atoms with van der Waals surface area (Å²) in [5.74, 6) is 4.34. The van der Waals surface area contributed by atoms with Gasteiger partial charge in [0.2, 0.25) is 0 Å². The number of rotatable bonds is 4. The molecule has 9 nitrogen and oxygen atoms in total. The first kappa shape index (κ1) is 13.1. The summed E-state index contributed by atoms with van der Waals surface area (Å²) in [7, 11) is 0. The van der Waals surface area contributed by atoms with E-state index in [0.717, 1.165) is 11.3 Å². The number of thiazole rings is 1. The average Bonchev–Trinajstić information content (AvgIpc) is 2.95. The van der Waals surface area contributed by atoms with Gasteiger partial charge in [-0.1, -0.05) is 0 Å². The number of carbonyl (C=O) groups is 1. The number of amides is 1. The SMILES string of the molecule is Cc1cn(Cc2csc(C(=O)NN)n2)nc1[N+](=O)[O-]. The summed E-state index contributed by atoms with van der Waals surface area (Å²) in [6.07, 6.45) is 1.56. The fourth-order valence-corrected chi connectivity index (χ4v) is 2.19. The maximum atomic E-state index is 11.2. The van der Waals surface area contributed by atoms with Crippen molar-refractivity contribution in [2.24, 2.45) is 5.84 Å². The molecule has 19 heavy (non-hydrogen) atoms. The first-order chi connectivity index (χ1) is 9.01. The lowest BCUT2D eigenvalue weighted by atomic mass is 10.4. The molecule has 0 aliphatic carbocycles. The van der Waals surface area contributed by atoms with E-state index in [9.17, 15) is 14.9 Å². The molecule has 0 unspecified atom stereocenters. The van der Waals surface area contributed by atoms with Crippen LogP contribution in [0.2, 0.25) is 0 Å². The summed E-state index contributed by atoms with van der Waals surface area (Å²) in [5, 5.41) is 16.4. The number of hydrogen-bond acceptors (Lipinski definition) is 7. The molecule has 0 aromatic carbocycles. The third kappa shape index (κ3) is 2.74. The van der Waals surface area contributed by atoms with Crippen LogP contribution in [0.25, 0.3) is 0 Å². The molecule has 3 N–H and O–H groups in total. The van der Waals surface area contributed by atoms with Crippen LogP contribution in [0.1, 0.15) is 21.1 Å². The lowest BCUT2D eigenvalue weighted by Gasteiger charge is -1.93. The van der Waals surface area contributed by atoms with Gasteiger partial charge in [-0.2, -0.15) is 4.68 Å². The van der Waals surface area contributed by atoms with Gasteiger partial charge in [0.15, 0.2) is 5.01 Å². The Kier molecular flexibility index (Phi) is 3.53. The summed E-state index contributed by atoms with van der Waals surface area (Å²) >= 11 is 1.14. The zero-order chi connectivity index (χ0) is 14.0. The fourth-order valence-electron chi connectivity index (χ4n) is 1.48. The monoisotopic (exact) mass is 282 g/mol. The first-order valence-electron chi connectivity index (χ1n) is 5.15. The summed E-state index contributed by atoms with van der Waals surface area (Å²) in [5.41, 5.74) is 3.04. The molecule has 2 aromatic rings. The number of aryl methyl sites for hydroxylation is 1. The zero-order valence-corrected chi connectivity index (χ0v) is 10.7. The number of hydrazine groups is 1. The Morgan fingerprint density at radius 2 is 2.42 bits per heavy atom. The molecule has 0 aliphatic rings. The lowest BCUT2D eigenvalue weighted by Crippen LogP contribution is -2.29. The van der Waals surface area contributed by atoms with Gasteiger partial charge in [-0.05, 0) is 11.8 Å². The molecule has 0 radical (unpaired) electrons. The minimum Gasteiger partial charge on any atom is -0.358 e. The van der Waals surface area contributed by atoms with E-state index in [2.05, 4.69) is 10.1 Å². The van der Waals surface area contributed by atoms with E-state index in [1.54, 1.807) is 18.5 Å². The Morgan fingerprint density at radius 3 is 3.00 bits per heavy atom. The molecule has 0 atom stereocenters. The number of nitro groups is 1. The highest BCUT2D eigenvalue weighted by Crippen LogP contribution is 2.16. The van der Waals surface area contributed by atoms with Crippen molar-refractivity contribution in [1.82, 2.24) is 20.2 Å². The Balaban J connectivity index is 2.17. The number of nitrogens with zero attached hydrogens (tertiary/aromatic N) is 4. The van der Waals surface area contributed by atoms with Crippen molar-refractivity contribution in [3.05, 3.63) is 38.0 Å². The van der Waals surface area contributed by atoms with Crippen LogP contribution in [0.4, 0.5) is 5.82 Å². The van der Waals surface area contributed by atoms with Crippen LogP contribution in [-0.2, 0) is 6.54 Å². The predicted octanol–water partition coefficient (Wildman–Crippen LogP) is 0.208. The number of nitrogens with two attached hydrogens (primary N) is 1. The standard InChI is InChI=1S/C9H10N6O3S/c1-5-2-14(13-7(5)15(17)18)3-6-4-19-9(11-6)8(16)12-10/h2,4H,3,10H2,1H3,(H,12,16). The van der Waals surface area contributed by atoms with E-state index >= 15 is 0 Å². The van der Waals surface area contributed by atoms with Crippen molar-refractivity contribution in [2.45, 2.75) is 13.5 Å². The molecule has 0 spiro atoms. The van der Waals surface area contributed by atoms with E-state index in [0.29, 0.717) is 11.3 Å². The first-order valence-corrected chi connectivity index (χ1v) is 6.03. The van der Waals surface area contributed by atoms with Crippen LogP contribution >= 0.6 is 11.3 Å². The highest BCUT2D eigenvalue weighted by atomic mass is 32.1. The van der Waals surface area contributed by atoms with Crippen LogP contribution in [0, 0.1) is 17.0 Å². The third-order valence-corrected chi connectivity index (χ3v) is 3.18. The highest BCUT2D eigenvalue weighted by Gasteiger charge is 2.18. The van der Waals surface area contributed by atoms with Crippen LogP contribution in [0.15, 0.2) is 11.6 Å². The van der Waals surface area contributed by atoms with Gasteiger partial charge < -0.3 is 10.1 Å². The quantitative estimate of drug-likeness (QED) is 0.357. The van der Waals surface area contributed by atoms with E-state index < -0.39 is 10.8 Å². The summed E-state index contributed by atoms with van der Waals surface area (Å²) in [6, 6.07) is 0. The minimum absolute atomic E-state index is 0.185. The molecule has 2 aromatic heterocycles. The second-order valence-corrected chi connectivity index (χ2v) is 4.57. The van der Waals surface area contributed by atoms with Gasteiger partial charge in [0.05, 0.1) is 22.6 Å². The van der Waals surface area contributed by atoms with Crippen LogP contribution in [-0.4, -0.2) is 25.6 Å². The van der Waals surface area contributed by atoms with Crippen molar-refractivity contribution in [2.75, 3.05) is 0 Å². The number of nitrogens with one attached hydrogen (secondary N) is 1. The van der Waals surface area contributed by atoms with E-state index in [1.165, 1.54) is 4.68 Å². The number of carbonyl (C=O) groups excluding carboxylic acids is 1. The van der Waals surface area contributed by atoms with Crippen molar-refractivity contribution >= 4 is 23.1 Å². The summed E-state index contributed by atoms with van der Waals surface area (Å²) < 4.78 is 1.41. The molecule has 0 aliphatic heterocycles. The fraction of sp³-hybridized carbons (Fsp3) is 0.222. The number of hydrogen-bond donors (Lipinski definition) is 2. The van der Waals surface area contributed by atoms with Gasteiger partial charge in [-0.25, -0.2) is 10.8 Å². The van der Waals surface area contributed by atoms with Gasteiger partial charge in [0.25, 0.3) is 5.91 Å². The van der Waals surface area contributed by atoms with Crippen LogP contribution in [0.5, 0.6) is 0 Å². The molecule has 0 bridgehead atoms. The largest absolute Gasteiger partial charge is 0.392 e. The van der Waals surface area contributed by atoms with E-state index in [4.69, 9.17) is 5.84 Å². The van der Waals surface area contributed by atoms with E-state index in [-0.39, 0.29) is 17.4 Å². The minimum atomic E-state index is -0.541. The zero-order valence-electron chi connectivity index (χ0n) is 9.86. The Labute approximate surface area is 111 Å². The third-order valence-electron chi connectivity index (χ3n) is 2.29. The highest BCUT2D eigenvalue weighted by molar-refractivity contribution is 7.11. The molecule has 0 saturated heterocycles. The Hall–Kier alpha value is -2.33. The molecule has 2 heterocycles. The van der Waals surface area contributed by atoms with Gasteiger partial charge in [-0.15, -0.1) is 11.3 Å². The van der Waals surface area contributed by atoms with Crippen molar-refractivity contribution in [3.8, 4) is 0 Å². The van der Waals surface area contributed by atoms with Gasteiger partial charge >= 0.3 is 5.82 Å². The normalized spacial score (nSPS) is 10.4. The molecule has 2 rings (SSSR count). The molecule has 100 valence electrons. The molecular formula is C9H10N6O3S. The average molecular weight is 282 g/mol. The maximum Gasteiger partial charge on any atom is 0.392 e. The second-order valence-electron chi connectivity index (χ2n) is 3.71. The molecule has 0 fully saturated rings. The Morgan fingerprint density at radius 1 is 1.68 bits per heavy atom. The Bertz CT molecular complexity index is 634. The molecular weight excluding hydrogens is 272 g/mol. The summed E-state index contributed by atoms with van der Waals surface area (Å²) in [6.45, 7) is 1.86. The van der Waals surface area contributed by atoms with Gasteiger partial charge in [-0.3, -0.25) is 10.2 Å². The maximum absolute atomic E-state index is 11.2. The van der Waals surface area contributed by atoms with Crippen molar-refractivity contribution in [3.63, 3.8) is 0 Å². The van der Waals surface area contributed by atoms with Crippen molar-refractivity contribution in [1.29, 1.82) is 0 Å².